The van der Waals surface area contributed by atoms with E-state index in [4.69, 9.17) is 11.6 Å². The van der Waals surface area contributed by atoms with Crippen molar-refractivity contribution >= 4 is 39.1 Å². The van der Waals surface area contributed by atoms with E-state index in [-0.39, 0.29) is 28.1 Å². The number of rotatable bonds is 11. The van der Waals surface area contributed by atoms with Gasteiger partial charge in [-0.25, -0.2) is 12.8 Å². The fraction of sp³-hybridized carbons (Fsp3) is 0.259. The van der Waals surface area contributed by atoms with E-state index in [0.29, 0.717) is 13.0 Å². The number of nitrogens with zero attached hydrogens (tertiary/aromatic N) is 2. The fourth-order valence-electron chi connectivity index (χ4n) is 3.78. The lowest BCUT2D eigenvalue weighted by molar-refractivity contribution is -0.138. The quantitative estimate of drug-likeness (QED) is 0.390. The largest absolute Gasteiger partial charge is 0.355 e. The summed E-state index contributed by atoms with van der Waals surface area (Å²) in [6.45, 7) is 3.32. The van der Waals surface area contributed by atoms with Crippen molar-refractivity contribution in [2.75, 3.05) is 23.9 Å². The average Bonchev–Trinajstić information content (AvgIpc) is 2.90. The third-order valence-electron chi connectivity index (χ3n) is 5.80. The second-order valence-corrected chi connectivity index (χ2v) is 10.6. The molecular formula is C27H29ClFN3O4S. The van der Waals surface area contributed by atoms with Gasteiger partial charge in [-0.2, -0.15) is 0 Å². The van der Waals surface area contributed by atoms with Crippen molar-refractivity contribution in [2.24, 2.45) is 0 Å². The third-order valence-corrected chi connectivity index (χ3v) is 7.88. The zero-order chi connectivity index (χ0) is 27.0. The van der Waals surface area contributed by atoms with Gasteiger partial charge in [0.15, 0.2) is 0 Å². The minimum Gasteiger partial charge on any atom is -0.355 e. The Morgan fingerprint density at radius 1 is 1.00 bits per heavy atom. The topological polar surface area (TPSA) is 86.8 Å². The standard InChI is InChI=1S/C27H29ClFN3O4S/c1-3-30-27(34)20(2)31(17-16-21-10-6-4-7-11-21)26(33)19-32(22-14-15-25(29)24(28)18-22)37(35,36)23-12-8-5-9-13-23/h4-15,18,20H,3,16-17,19H2,1-2H3,(H,30,34)/t20-/m0/s1. The highest BCUT2D eigenvalue weighted by atomic mass is 35.5. The lowest BCUT2D eigenvalue weighted by atomic mass is 10.1. The molecule has 0 spiro atoms. The first kappa shape index (κ1) is 28.1. The molecule has 3 aromatic rings. The lowest BCUT2D eigenvalue weighted by Crippen LogP contribution is -2.52. The van der Waals surface area contributed by atoms with Gasteiger partial charge in [-0.15, -0.1) is 0 Å². The van der Waals surface area contributed by atoms with E-state index in [1.54, 1.807) is 32.0 Å². The van der Waals surface area contributed by atoms with Gasteiger partial charge in [0.1, 0.15) is 18.4 Å². The van der Waals surface area contributed by atoms with Crippen LogP contribution in [-0.2, 0) is 26.0 Å². The molecule has 0 aliphatic rings. The smallest absolute Gasteiger partial charge is 0.264 e. The summed E-state index contributed by atoms with van der Waals surface area (Å²) in [6.07, 6.45) is 0.462. The molecule has 0 saturated heterocycles. The Balaban J connectivity index is 1.98. The van der Waals surface area contributed by atoms with Gasteiger partial charge in [-0.05, 0) is 56.2 Å². The Hall–Kier alpha value is -3.43. The summed E-state index contributed by atoms with van der Waals surface area (Å²) in [4.78, 5) is 27.6. The van der Waals surface area contributed by atoms with Crippen LogP contribution in [0, 0.1) is 5.82 Å². The van der Waals surface area contributed by atoms with Gasteiger partial charge >= 0.3 is 0 Å². The number of carbonyl (C=O) groups is 2. The third kappa shape index (κ3) is 7.08. The number of hydrogen-bond acceptors (Lipinski definition) is 4. The van der Waals surface area contributed by atoms with Gasteiger partial charge in [-0.1, -0.05) is 60.1 Å². The van der Waals surface area contributed by atoms with E-state index in [0.717, 1.165) is 22.0 Å². The van der Waals surface area contributed by atoms with E-state index < -0.39 is 34.3 Å². The molecule has 3 rings (SSSR count). The molecule has 0 aromatic heterocycles. The highest BCUT2D eigenvalue weighted by molar-refractivity contribution is 7.92. The van der Waals surface area contributed by atoms with E-state index in [9.17, 15) is 22.4 Å². The number of anilines is 1. The molecule has 0 aliphatic heterocycles. The first-order valence-electron chi connectivity index (χ1n) is 11.8. The van der Waals surface area contributed by atoms with Crippen molar-refractivity contribution in [2.45, 2.75) is 31.2 Å². The molecule has 0 aliphatic carbocycles. The Bertz CT molecular complexity index is 1320. The summed E-state index contributed by atoms with van der Waals surface area (Å²) in [5, 5.41) is 2.43. The van der Waals surface area contributed by atoms with Crippen molar-refractivity contribution < 1.29 is 22.4 Å². The van der Waals surface area contributed by atoms with E-state index >= 15 is 0 Å². The molecule has 10 heteroatoms. The summed E-state index contributed by atoms with van der Waals surface area (Å²) >= 11 is 5.95. The van der Waals surface area contributed by atoms with Crippen LogP contribution in [0.3, 0.4) is 0 Å². The van der Waals surface area contributed by atoms with Gasteiger partial charge < -0.3 is 10.2 Å². The number of benzene rings is 3. The van der Waals surface area contributed by atoms with Crippen molar-refractivity contribution in [1.82, 2.24) is 10.2 Å². The Kier molecular flexibility index (Phi) is 9.66. The first-order valence-corrected chi connectivity index (χ1v) is 13.6. The Morgan fingerprint density at radius 2 is 1.62 bits per heavy atom. The molecule has 0 radical (unpaired) electrons. The summed E-state index contributed by atoms with van der Waals surface area (Å²) in [5.74, 6) is -1.66. The Labute approximate surface area is 221 Å². The van der Waals surface area contributed by atoms with E-state index in [1.165, 1.54) is 23.1 Å². The molecule has 7 nitrogen and oxygen atoms in total. The van der Waals surface area contributed by atoms with Crippen molar-refractivity contribution in [3.8, 4) is 0 Å². The van der Waals surface area contributed by atoms with Gasteiger partial charge in [0.2, 0.25) is 11.8 Å². The summed E-state index contributed by atoms with van der Waals surface area (Å²) in [7, 11) is -4.23. The first-order chi connectivity index (χ1) is 17.6. The van der Waals surface area contributed by atoms with E-state index in [1.807, 2.05) is 30.3 Å². The number of sulfonamides is 1. The normalized spacial score (nSPS) is 12.0. The van der Waals surface area contributed by atoms with Crippen LogP contribution in [0.25, 0.3) is 0 Å². The molecule has 0 bridgehead atoms. The zero-order valence-electron chi connectivity index (χ0n) is 20.6. The molecule has 1 N–H and O–H groups in total. The molecular weight excluding hydrogens is 517 g/mol. The number of amides is 2. The lowest BCUT2D eigenvalue weighted by Gasteiger charge is -2.32. The summed E-state index contributed by atoms with van der Waals surface area (Å²) in [5.41, 5.74) is 0.986. The SMILES string of the molecule is CCNC(=O)[C@H](C)N(CCc1ccccc1)C(=O)CN(c1ccc(F)c(Cl)c1)S(=O)(=O)c1ccccc1. The van der Waals surface area contributed by atoms with Crippen LogP contribution < -0.4 is 9.62 Å². The summed E-state index contributed by atoms with van der Waals surface area (Å²) < 4.78 is 42.0. The Morgan fingerprint density at radius 3 is 2.22 bits per heavy atom. The van der Waals surface area contributed by atoms with Crippen LogP contribution in [0.15, 0.2) is 83.8 Å². The van der Waals surface area contributed by atoms with Crippen LogP contribution in [0.1, 0.15) is 19.4 Å². The van der Waals surface area contributed by atoms with Crippen LogP contribution in [-0.4, -0.2) is 50.8 Å². The van der Waals surface area contributed by atoms with Gasteiger partial charge in [0.05, 0.1) is 15.6 Å². The van der Waals surface area contributed by atoms with E-state index in [2.05, 4.69) is 5.32 Å². The maximum Gasteiger partial charge on any atom is 0.264 e. The fourth-order valence-corrected chi connectivity index (χ4v) is 5.38. The van der Waals surface area contributed by atoms with Gasteiger partial charge in [0.25, 0.3) is 10.0 Å². The number of likely N-dealkylation sites (N-methyl/N-ethyl adjacent to an activating group) is 1. The van der Waals surface area contributed by atoms with Crippen molar-refractivity contribution in [3.05, 3.63) is 95.3 Å². The van der Waals surface area contributed by atoms with Gasteiger partial charge in [0, 0.05) is 13.1 Å². The number of hydrogen-bond donors (Lipinski definition) is 1. The molecule has 0 unspecified atom stereocenters. The molecule has 0 saturated carbocycles. The van der Waals surface area contributed by atoms with Crippen LogP contribution >= 0.6 is 11.6 Å². The van der Waals surface area contributed by atoms with Crippen LogP contribution in [0.2, 0.25) is 5.02 Å². The number of carbonyl (C=O) groups excluding carboxylic acids is 2. The predicted molar refractivity (Wildman–Crippen MR) is 142 cm³/mol. The predicted octanol–water partition coefficient (Wildman–Crippen LogP) is 4.27. The number of halogens is 2. The van der Waals surface area contributed by atoms with Crippen molar-refractivity contribution in [1.29, 1.82) is 0 Å². The van der Waals surface area contributed by atoms with Crippen molar-refractivity contribution in [3.63, 3.8) is 0 Å². The second-order valence-electron chi connectivity index (χ2n) is 8.32. The molecule has 2 amide bonds. The molecule has 37 heavy (non-hydrogen) atoms. The van der Waals surface area contributed by atoms with Crippen LogP contribution in [0.4, 0.5) is 10.1 Å². The minimum atomic E-state index is -4.23. The zero-order valence-corrected chi connectivity index (χ0v) is 22.2. The molecule has 0 heterocycles. The van der Waals surface area contributed by atoms with Crippen LogP contribution in [0.5, 0.6) is 0 Å². The monoisotopic (exact) mass is 545 g/mol. The molecule has 1 atom stereocenters. The summed E-state index contributed by atoms with van der Waals surface area (Å²) in [6, 6.07) is 19.6. The average molecular weight is 546 g/mol. The highest BCUT2D eigenvalue weighted by Gasteiger charge is 2.32. The maximum absolute atomic E-state index is 13.9. The highest BCUT2D eigenvalue weighted by Crippen LogP contribution is 2.28. The maximum atomic E-state index is 13.9. The second kappa shape index (κ2) is 12.7. The molecule has 3 aromatic carbocycles. The molecule has 0 fully saturated rings. The minimum absolute atomic E-state index is 0.0253. The number of nitrogens with one attached hydrogen (secondary N) is 1. The van der Waals surface area contributed by atoms with Gasteiger partial charge in [-0.3, -0.25) is 13.9 Å². The molecule has 196 valence electrons.